The molecule has 0 bridgehead atoms. The number of carbonyl (C=O) groups is 3. The van der Waals surface area contributed by atoms with Crippen LogP contribution in [-0.2, 0) is 11.3 Å². The first kappa shape index (κ1) is 22.6. The number of carbonyl (C=O) groups excluding carboxylic acids is 3. The summed E-state index contributed by atoms with van der Waals surface area (Å²) in [5.74, 6) is -0.628. The number of nitrogens with one attached hydrogen (secondary N) is 2. The summed E-state index contributed by atoms with van der Waals surface area (Å²) in [4.78, 5) is 40.1. The third-order valence-electron chi connectivity index (χ3n) is 4.51. The first-order valence-corrected chi connectivity index (χ1v) is 11.7. The van der Waals surface area contributed by atoms with Crippen LogP contribution in [0.3, 0.4) is 0 Å². The van der Waals surface area contributed by atoms with Crippen molar-refractivity contribution in [1.82, 2.24) is 10.2 Å². The SMILES string of the molecule is CSc1ccccc1NC(=O)CN(C)C(=O)c1ccc(CNC(=O)c2cccs2)cc1. The van der Waals surface area contributed by atoms with E-state index in [4.69, 9.17) is 0 Å². The van der Waals surface area contributed by atoms with Gasteiger partial charge in [-0.25, -0.2) is 0 Å². The van der Waals surface area contributed by atoms with Gasteiger partial charge in [-0.2, -0.15) is 0 Å². The normalized spacial score (nSPS) is 10.4. The van der Waals surface area contributed by atoms with E-state index in [-0.39, 0.29) is 24.3 Å². The van der Waals surface area contributed by atoms with Crippen molar-refractivity contribution >= 4 is 46.5 Å². The van der Waals surface area contributed by atoms with E-state index < -0.39 is 0 Å². The highest BCUT2D eigenvalue weighted by atomic mass is 32.2. The molecule has 0 unspecified atom stereocenters. The molecule has 31 heavy (non-hydrogen) atoms. The predicted molar refractivity (Wildman–Crippen MR) is 126 cm³/mol. The number of thiophene rings is 1. The zero-order valence-corrected chi connectivity index (χ0v) is 18.9. The summed E-state index contributed by atoms with van der Waals surface area (Å²) in [6.07, 6.45) is 1.94. The Labute approximate surface area is 189 Å². The highest BCUT2D eigenvalue weighted by Crippen LogP contribution is 2.24. The van der Waals surface area contributed by atoms with Crippen molar-refractivity contribution < 1.29 is 14.4 Å². The van der Waals surface area contributed by atoms with Gasteiger partial charge in [-0.3, -0.25) is 14.4 Å². The molecule has 0 aliphatic heterocycles. The van der Waals surface area contributed by atoms with E-state index in [9.17, 15) is 14.4 Å². The summed E-state index contributed by atoms with van der Waals surface area (Å²) in [6.45, 7) is 0.318. The number of likely N-dealkylation sites (N-methyl/N-ethyl adjacent to an activating group) is 1. The van der Waals surface area contributed by atoms with E-state index >= 15 is 0 Å². The van der Waals surface area contributed by atoms with Crippen LogP contribution in [0.4, 0.5) is 5.69 Å². The fourth-order valence-electron chi connectivity index (χ4n) is 2.89. The molecule has 3 rings (SSSR count). The molecule has 0 saturated carbocycles. The molecule has 0 saturated heterocycles. The monoisotopic (exact) mass is 453 g/mol. The van der Waals surface area contributed by atoms with E-state index in [1.165, 1.54) is 16.2 Å². The van der Waals surface area contributed by atoms with Gasteiger partial charge in [0.05, 0.1) is 17.1 Å². The lowest BCUT2D eigenvalue weighted by Crippen LogP contribution is -2.35. The quantitative estimate of drug-likeness (QED) is 0.503. The van der Waals surface area contributed by atoms with Crippen molar-refractivity contribution in [3.05, 3.63) is 82.0 Å². The number of hydrogen-bond donors (Lipinski definition) is 2. The van der Waals surface area contributed by atoms with Crippen LogP contribution in [0.5, 0.6) is 0 Å². The largest absolute Gasteiger partial charge is 0.347 e. The molecule has 2 N–H and O–H groups in total. The number of para-hydroxylation sites is 1. The van der Waals surface area contributed by atoms with Crippen LogP contribution in [0.1, 0.15) is 25.6 Å². The molecule has 0 fully saturated rings. The van der Waals surface area contributed by atoms with Gasteiger partial charge in [0.15, 0.2) is 0 Å². The van der Waals surface area contributed by atoms with E-state index in [0.29, 0.717) is 17.0 Å². The van der Waals surface area contributed by atoms with Crippen LogP contribution in [0, 0.1) is 0 Å². The van der Waals surface area contributed by atoms with Crippen LogP contribution in [0.2, 0.25) is 0 Å². The van der Waals surface area contributed by atoms with Gasteiger partial charge in [0.1, 0.15) is 0 Å². The van der Waals surface area contributed by atoms with Crippen LogP contribution in [-0.4, -0.2) is 42.5 Å². The second-order valence-corrected chi connectivity index (χ2v) is 8.56. The minimum absolute atomic E-state index is 0.0554. The Kier molecular flexibility index (Phi) is 7.86. The third-order valence-corrected chi connectivity index (χ3v) is 6.17. The van der Waals surface area contributed by atoms with E-state index in [0.717, 1.165) is 16.1 Å². The molecule has 160 valence electrons. The number of hydrogen-bond acceptors (Lipinski definition) is 5. The van der Waals surface area contributed by atoms with Gasteiger partial charge >= 0.3 is 0 Å². The molecular formula is C23H23N3O3S2. The van der Waals surface area contributed by atoms with Crippen LogP contribution in [0.15, 0.2) is 70.9 Å². The fourth-order valence-corrected chi connectivity index (χ4v) is 4.08. The van der Waals surface area contributed by atoms with Crippen molar-refractivity contribution in [3.63, 3.8) is 0 Å². The summed E-state index contributed by atoms with van der Waals surface area (Å²) in [6, 6.07) is 18.1. The van der Waals surface area contributed by atoms with Gasteiger partial charge < -0.3 is 15.5 Å². The smallest absolute Gasteiger partial charge is 0.261 e. The highest BCUT2D eigenvalue weighted by Gasteiger charge is 2.16. The molecule has 6 nitrogen and oxygen atoms in total. The van der Waals surface area contributed by atoms with Crippen LogP contribution in [0.25, 0.3) is 0 Å². The average molecular weight is 454 g/mol. The molecule has 3 aromatic rings. The number of thioether (sulfide) groups is 1. The minimum Gasteiger partial charge on any atom is -0.347 e. The molecule has 8 heteroatoms. The second-order valence-electron chi connectivity index (χ2n) is 6.77. The number of anilines is 1. The Morgan fingerprint density at radius 3 is 2.42 bits per heavy atom. The van der Waals surface area contributed by atoms with Crippen molar-refractivity contribution in [2.75, 3.05) is 25.2 Å². The van der Waals surface area contributed by atoms with Crippen molar-refractivity contribution in [2.24, 2.45) is 0 Å². The standard InChI is InChI=1S/C23H23N3O3S2/c1-26(15-21(27)25-18-6-3-4-7-19(18)30-2)23(29)17-11-9-16(10-12-17)14-24-22(28)20-8-5-13-31-20/h3-13H,14-15H2,1-2H3,(H,24,28)(H,25,27). The van der Waals surface area contributed by atoms with Crippen molar-refractivity contribution in [1.29, 1.82) is 0 Å². The number of benzene rings is 2. The van der Waals surface area contributed by atoms with E-state index in [1.807, 2.05) is 42.0 Å². The topological polar surface area (TPSA) is 78.5 Å². The number of amides is 3. The summed E-state index contributed by atoms with van der Waals surface area (Å²) in [7, 11) is 1.59. The van der Waals surface area contributed by atoms with Gasteiger partial charge in [0.25, 0.3) is 11.8 Å². The van der Waals surface area contributed by atoms with E-state index in [1.54, 1.807) is 49.1 Å². The minimum atomic E-state index is -0.259. The highest BCUT2D eigenvalue weighted by molar-refractivity contribution is 7.98. The maximum Gasteiger partial charge on any atom is 0.261 e. The van der Waals surface area contributed by atoms with Gasteiger partial charge in [-0.05, 0) is 47.5 Å². The Morgan fingerprint density at radius 2 is 1.74 bits per heavy atom. The zero-order chi connectivity index (χ0) is 22.2. The fraction of sp³-hybridized carbons (Fsp3) is 0.174. The molecule has 1 heterocycles. The second kappa shape index (κ2) is 10.8. The molecule has 2 aromatic carbocycles. The van der Waals surface area contributed by atoms with Crippen LogP contribution >= 0.6 is 23.1 Å². The van der Waals surface area contributed by atoms with Crippen LogP contribution < -0.4 is 10.6 Å². The molecule has 0 aliphatic carbocycles. The maximum atomic E-state index is 12.7. The Hall–Kier alpha value is -3.10. The zero-order valence-electron chi connectivity index (χ0n) is 17.3. The summed E-state index contributed by atoms with van der Waals surface area (Å²) in [5.41, 5.74) is 2.10. The number of nitrogens with zero attached hydrogens (tertiary/aromatic N) is 1. The number of rotatable bonds is 8. The molecule has 0 radical (unpaired) electrons. The molecular weight excluding hydrogens is 430 g/mol. The predicted octanol–water partition coefficient (Wildman–Crippen LogP) is 4.11. The third kappa shape index (κ3) is 6.19. The lowest BCUT2D eigenvalue weighted by molar-refractivity contribution is -0.116. The molecule has 0 aliphatic rings. The first-order chi connectivity index (χ1) is 15.0. The summed E-state index contributed by atoms with van der Waals surface area (Å²) in [5, 5.41) is 7.56. The first-order valence-electron chi connectivity index (χ1n) is 9.57. The molecule has 3 amide bonds. The van der Waals surface area contributed by atoms with Gasteiger partial charge in [-0.15, -0.1) is 23.1 Å². The van der Waals surface area contributed by atoms with Crippen molar-refractivity contribution in [2.45, 2.75) is 11.4 Å². The molecule has 0 atom stereocenters. The van der Waals surface area contributed by atoms with E-state index in [2.05, 4.69) is 10.6 Å². The Bertz CT molecular complexity index is 1050. The summed E-state index contributed by atoms with van der Waals surface area (Å²) < 4.78 is 0. The lowest BCUT2D eigenvalue weighted by atomic mass is 10.1. The Balaban J connectivity index is 1.53. The van der Waals surface area contributed by atoms with Gasteiger partial charge in [0, 0.05) is 24.1 Å². The van der Waals surface area contributed by atoms with Crippen molar-refractivity contribution in [3.8, 4) is 0 Å². The average Bonchev–Trinajstić information content (AvgIpc) is 3.32. The molecule has 1 aromatic heterocycles. The van der Waals surface area contributed by atoms with Gasteiger partial charge in [0.2, 0.25) is 5.91 Å². The maximum absolute atomic E-state index is 12.7. The lowest BCUT2D eigenvalue weighted by Gasteiger charge is -2.18. The Morgan fingerprint density at radius 1 is 1.00 bits per heavy atom. The summed E-state index contributed by atoms with van der Waals surface area (Å²) >= 11 is 2.93. The molecule has 0 spiro atoms. The van der Waals surface area contributed by atoms with Gasteiger partial charge in [-0.1, -0.05) is 30.3 Å².